The second-order valence-corrected chi connectivity index (χ2v) is 16.8. The van der Waals surface area contributed by atoms with E-state index in [0.29, 0.717) is 17.5 Å². The molecule has 0 amide bonds. The molecule has 2 aromatic heterocycles. The fourth-order valence-corrected chi connectivity index (χ4v) is 9.70. The Kier molecular flexibility index (Phi) is 8.44. The molecule has 0 aliphatic heterocycles. The average molecular weight is 809 g/mol. The van der Waals surface area contributed by atoms with Crippen LogP contribution in [-0.4, -0.2) is 15.0 Å². The minimum Gasteiger partial charge on any atom is -0.456 e. The molecule has 2 heterocycles. The van der Waals surface area contributed by atoms with Gasteiger partial charge in [0.05, 0.1) is 0 Å². The Morgan fingerprint density at radius 3 is 1.67 bits per heavy atom. The molecule has 63 heavy (non-hydrogen) atoms. The van der Waals surface area contributed by atoms with Crippen LogP contribution in [0.15, 0.2) is 211 Å². The number of rotatable bonds is 7. The first-order valence-electron chi connectivity index (χ1n) is 21.4. The molecular weight excluding hydrogens is 769 g/mol. The van der Waals surface area contributed by atoms with E-state index in [1.54, 1.807) is 0 Å². The lowest BCUT2D eigenvalue weighted by atomic mass is 9.82. The van der Waals surface area contributed by atoms with Crippen LogP contribution >= 0.6 is 0 Å². The van der Waals surface area contributed by atoms with Crippen LogP contribution in [0.4, 0.5) is 17.1 Å². The monoisotopic (exact) mass is 808 g/mol. The van der Waals surface area contributed by atoms with Gasteiger partial charge in [0.2, 0.25) is 0 Å². The molecule has 0 radical (unpaired) electrons. The molecule has 0 atom stereocenters. The maximum Gasteiger partial charge on any atom is 0.164 e. The van der Waals surface area contributed by atoms with Gasteiger partial charge in [-0.2, -0.15) is 0 Å². The molecule has 5 nitrogen and oxygen atoms in total. The Balaban J connectivity index is 1.02. The van der Waals surface area contributed by atoms with Gasteiger partial charge in [-0.05, 0) is 92.7 Å². The lowest BCUT2D eigenvalue weighted by Gasteiger charge is -2.28. The first-order valence-corrected chi connectivity index (χ1v) is 21.4. The molecule has 0 unspecified atom stereocenters. The molecule has 1 aliphatic rings. The molecule has 298 valence electrons. The van der Waals surface area contributed by atoms with Crippen molar-refractivity contribution >= 4 is 49.8 Å². The molecular formula is C58H40N4O. The number of hydrogen-bond donors (Lipinski definition) is 0. The third-order valence-electron chi connectivity index (χ3n) is 12.7. The Morgan fingerprint density at radius 2 is 0.921 bits per heavy atom. The summed E-state index contributed by atoms with van der Waals surface area (Å²) in [5.74, 6) is 1.83. The number of furan rings is 1. The minimum absolute atomic E-state index is 0.120. The van der Waals surface area contributed by atoms with E-state index in [9.17, 15) is 0 Å². The smallest absolute Gasteiger partial charge is 0.164 e. The van der Waals surface area contributed by atoms with E-state index in [2.05, 4.69) is 152 Å². The number of anilines is 3. The van der Waals surface area contributed by atoms with Gasteiger partial charge in [-0.15, -0.1) is 0 Å². The molecule has 0 saturated heterocycles. The van der Waals surface area contributed by atoms with Gasteiger partial charge >= 0.3 is 0 Å². The van der Waals surface area contributed by atoms with Crippen molar-refractivity contribution in [3.63, 3.8) is 0 Å². The van der Waals surface area contributed by atoms with Crippen molar-refractivity contribution in [2.45, 2.75) is 19.3 Å². The van der Waals surface area contributed by atoms with Crippen LogP contribution in [-0.2, 0) is 5.41 Å². The van der Waals surface area contributed by atoms with Crippen molar-refractivity contribution in [2.24, 2.45) is 0 Å². The lowest BCUT2D eigenvalue weighted by molar-refractivity contribution is 0.660. The highest BCUT2D eigenvalue weighted by molar-refractivity contribution is 6.25. The zero-order valence-corrected chi connectivity index (χ0v) is 34.8. The topological polar surface area (TPSA) is 55.1 Å². The van der Waals surface area contributed by atoms with Gasteiger partial charge in [0.1, 0.15) is 11.2 Å². The van der Waals surface area contributed by atoms with E-state index < -0.39 is 0 Å². The molecule has 9 aromatic carbocycles. The van der Waals surface area contributed by atoms with Crippen LogP contribution in [0, 0.1) is 0 Å². The fourth-order valence-electron chi connectivity index (χ4n) is 9.70. The van der Waals surface area contributed by atoms with Crippen LogP contribution < -0.4 is 4.90 Å². The molecule has 12 rings (SSSR count). The predicted octanol–water partition coefficient (Wildman–Crippen LogP) is 15.4. The van der Waals surface area contributed by atoms with Gasteiger partial charge in [0.15, 0.2) is 17.5 Å². The van der Waals surface area contributed by atoms with Crippen molar-refractivity contribution in [1.82, 2.24) is 15.0 Å². The summed E-state index contributed by atoms with van der Waals surface area (Å²) in [5, 5.41) is 4.24. The van der Waals surface area contributed by atoms with Crippen molar-refractivity contribution < 1.29 is 4.42 Å². The third kappa shape index (κ3) is 6.04. The Labute approximate surface area is 365 Å². The second-order valence-electron chi connectivity index (χ2n) is 16.8. The summed E-state index contributed by atoms with van der Waals surface area (Å²) in [5.41, 5.74) is 15.0. The van der Waals surface area contributed by atoms with Crippen LogP contribution in [0.2, 0.25) is 0 Å². The molecule has 5 heteroatoms. The first-order chi connectivity index (χ1) is 31.0. The summed E-state index contributed by atoms with van der Waals surface area (Å²) in [6.45, 7) is 4.68. The average Bonchev–Trinajstić information content (AvgIpc) is 3.84. The summed E-state index contributed by atoms with van der Waals surface area (Å²) in [4.78, 5) is 17.6. The minimum atomic E-state index is -0.120. The number of benzene rings is 9. The fraction of sp³-hybridized carbons (Fsp3) is 0.0517. The van der Waals surface area contributed by atoms with Gasteiger partial charge in [0, 0.05) is 49.9 Å². The molecule has 11 aromatic rings. The van der Waals surface area contributed by atoms with Crippen LogP contribution in [0.25, 0.3) is 89.1 Å². The van der Waals surface area contributed by atoms with E-state index in [1.165, 1.54) is 22.3 Å². The zero-order valence-electron chi connectivity index (χ0n) is 34.8. The number of fused-ring (bicyclic) bond motifs is 8. The highest BCUT2D eigenvalue weighted by atomic mass is 16.3. The van der Waals surface area contributed by atoms with E-state index in [0.717, 1.165) is 77.6 Å². The standard InChI is InChI=1S/C58H40N4O/c1-58(2)49-30-15-14-27-44(49)45-33-32-42(35-50(45)58)62(40-23-10-5-11-24-40)41-25-16-22-39(34-41)48-36-52-53(46-28-13-12-26-43(46)48)54-47(29-17-31-51(54)63-52)57-60-55(37-18-6-3-7-19-37)59-56(61-57)38-20-8-4-9-21-38/h3-36H,1-2H3. The highest BCUT2D eigenvalue weighted by Crippen LogP contribution is 2.51. The van der Waals surface area contributed by atoms with E-state index in [1.807, 2.05) is 72.8 Å². The van der Waals surface area contributed by atoms with Crippen molar-refractivity contribution in [3.05, 3.63) is 217 Å². The summed E-state index contributed by atoms with van der Waals surface area (Å²) >= 11 is 0. The molecule has 0 fully saturated rings. The number of aromatic nitrogens is 3. The van der Waals surface area contributed by atoms with Crippen molar-refractivity contribution in [1.29, 1.82) is 0 Å². The van der Waals surface area contributed by atoms with Crippen molar-refractivity contribution in [3.8, 4) is 56.4 Å². The maximum atomic E-state index is 6.84. The van der Waals surface area contributed by atoms with Crippen LogP contribution in [0.1, 0.15) is 25.0 Å². The maximum absolute atomic E-state index is 6.84. The number of nitrogens with zero attached hydrogens (tertiary/aromatic N) is 4. The molecule has 0 spiro atoms. The van der Waals surface area contributed by atoms with E-state index in [-0.39, 0.29) is 5.41 Å². The van der Waals surface area contributed by atoms with Gasteiger partial charge < -0.3 is 9.32 Å². The number of hydrogen-bond acceptors (Lipinski definition) is 5. The van der Waals surface area contributed by atoms with Gasteiger partial charge in [0.25, 0.3) is 0 Å². The Morgan fingerprint density at radius 1 is 0.365 bits per heavy atom. The lowest BCUT2D eigenvalue weighted by Crippen LogP contribution is -2.16. The van der Waals surface area contributed by atoms with Gasteiger partial charge in [-0.3, -0.25) is 0 Å². The zero-order chi connectivity index (χ0) is 42.1. The summed E-state index contributed by atoms with van der Waals surface area (Å²) in [7, 11) is 0. The van der Waals surface area contributed by atoms with Gasteiger partial charge in [-0.25, -0.2) is 15.0 Å². The predicted molar refractivity (Wildman–Crippen MR) is 259 cm³/mol. The van der Waals surface area contributed by atoms with Gasteiger partial charge in [-0.1, -0.05) is 172 Å². The Bertz CT molecular complexity index is 3480. The largest absolute Gasteiger partial charge is 0.456 e. The van der Waals surface area contributed by atoms with E-state index in [4.69, 9.17) is 19.4 Å². The summed E-state index contributed by atoms with van der Waals surface area (Å²) in [6, 6.07) is 72.6. The number of para-hydroxylation sites is 1. The third-order valence-corrected chi connectivity index (χ3v) is 12.7. The molecule has 0 saturated carbocycles. The quantitative estimate of drug-likeness (QED) is 0.160. The summed E-state index contributed by atoms with van der Waals surface area (Å²) < 4.78 is 6.84. The molecule has 0 bridgehead atoms. The molecule has 0 N–H and O–H groups in total. The normalized spacial score (nSPS) is 12.7. The SMILES string of the molecule is CC1(C)c2ccccc2-c2ccc(N(c3ccccc3)c3cccc(-c4cc5oc6cccc(-c7nc(-c8ccccc8)nc(-c8ccccc8)n7)c6c5c5ccccc45)c3)cc21. The highest BCUT2D eigenvalue weighted by Gasteiger charge is 2.35. The summed E-state index contributed by atoms with van der Waals surface area (Å²) in [6.07, 6.45) is 0. The van der Waals surface area contributed by atoms with Crippen LogP contribution in [0.3, 0.4) is 0 Å². The first kappa shape index (κ1) is 36.7. The second kappa shape index (κ2) is 14.5. The van der Waals surface area contributed by atoms with E-state index >= 15 is 0 Å². The molecule has 1 aliphatic carbocycles. The van der Waals surface area contributed by atoms with Crippen LogP contribution in [0.5, 0.6) is 0 Å². The Hall–Kier alpha value is -8.15. The van der Waals surface area contributed by atoms with Crippen molar-refractivity contribution in [2.75, 3.05) is 4.90 Å².